The Bertz CT molecular complexity index is 985. The summed E-state index contributed by atoms with van der Waals surface area (Å²) in [5.74, 6) is -0.439. The van der Waals surface area contributed by atoms with Crippen molar-refractivity contribution in [2.24, 2.45) is 0 Å². The first-order chi connectivity index (χ1) is 12.5. The van der Waals surface area contributed by atoms with Gasteiger partial charge in [-0.15, -0.1) is 11.3 Å². The lowest BCUT2D eigenvalue weighted by atomic mass is 10.1. The Kier molecular flexibility index (Phi) is 5.51. The lowest BCUT2D eigenvalue weighted by Gasteiger charge is -2.19. The summed E-state index contributed by atoms with van der Waals surface area (Å²) >= 11 is 1.10. The van der Waals surface area contributed by atoms with Gasteiger partial charge in [0.05, 0.1) is 0 Å². The summed E-state index contributed by atoms with van der Waals surface area (Å²) in [5.41, 5.74) is 2.11. The Labute approximate surface area is 156 Å². The Balaban J connectivity index is 1.91. The predicted octanol–water partition coefficient (Wildman–Crippen LogP) is 3.71. The number of thiophene rings is 1. The molecule has 26 heavy (non-hydrogen) atoms. The number of carbonyl (C=O) groups excluding carboxylic acids is 1. The molecule has 0 aliphatic rings. The summed E-state index contributed by atoms with van der Waals surface area (Å²) in [6.45, 7) is 1.88. The molecule has 2 N–H and O–H groups in total. The average Bonchev–Trinajstić information content (AvgIpc) is 3.18. The second-order valence-electron chi connectivity index (χ2n) is 5.70. The number of hydrogen-bond donors (Lipinski definition) is 2. The summed E-state index contributed by atoms with van der Waals surface area (Å²) in [4.78, 5) is 12.9. The molecule has 3 aromatic rings. The zero-order valence-electron chi connectivity index (χ0n) is 14.0. The zero-order chi connectivity index (χ0) is 18.6. The number of benzene rings is 2. The van der Waals surface area contributed by atoms with Crippen LogP contribution in [0.5, 0.6) is 0 Å². The molecule has 0 saturated carbocycles. The highest BCUT2D eigenvalue weighted by molar-refractivity contribution is 7.91. The molecular weight excluding hydrogens is 368 g/mol. The van der Waals surface area contributed by atoms with Crippen molar-refractivity contribution >= 4 is 33.0 Å². The fraction of sp³-hybridized carbons (Fsp3) is 0.105. The highest BCUT2D eigenvalue weighted by atomic mass is 32.2. The molecule has 0 aliphatic carbocycles. The van der Waals surface area contributed by atoms with Crippen LogP contribution in [0.25, 0.3) is 0 Å². The van der Waals surface area contributed by atoms with Crippen LogP contribution >= 0.6 is 11.3 Å². The Morgan fingerprint density at radius 3 is 2.31 bits per heavy atom. The van der Waals surface area contributed by atoms with Crippen molar-refractivity contribution in [2.75, 3.05) is 5.32 Å². The largest absolute Gasteiger partial charge is 0.324 e. The van der Waals surface area contributed by atoms with E-state index in [0.717, 1.165) is 16.9 Å². The van der Waals surface area contributed by atoms with E-state index in [1.165, 1.54) is 6.07 Å². The third kappa shape index (κ3) is 4.19. The van der Waals surface area contributed by atoms with Crippen LogP contribution in [0.2, 0.25) is 0 Å². The van der Waals surface area contributed by atoms with E-state index in [1.54, 1.807) is 41.8 Å². The third-order valence-corrected chi connectivity index (χ3v) is 6.65. The Hall–Kier alpha value is -2.48. The van der Waals surface area contributed by atoms with Crippen LogP contribution in [0.3, 0.4) is 0 Å². The molecule has 1 atom stereocenters. The summed E-state index contributed by atoms with van der Waals surface area (Å²) in [5, 5.41) is 4.49. The highest BCUT2D eigenvalue weighted by Gasteiger charge is 2.28. The number of carbonyl (C=O) groups is 1. The third-order valence-electron chi connectivity index (χ3n) is 3.83. The van der Waals surface area contributed by atoms with Crippen molar-refractivity contribution in [2.45, 2.75) is 17.2 Å². The molecule has 0 aliphatic heterocycles. The first-order valence-electron chi connectivity index (χ1n) is 7.94. The lowest BCUT2D eigenvalue weighted by Crippen LogP contribution is -2.36. The van der Waals surface area contributed by atoms with Crippen molar-refractivity contribution in [3.8, 4) is 0 Å². The van der Waals surface area contributed by atoms with Gasteiger partial charge in [0.1, 0.15) is 10.3 Å². The van der Waals surface area contributed by atoms with Gasteiger partial charge in [0.15, 0.2) is 0 Å². The Morgan fingerprint density at radius 2 is 1.65 bits per heavy atom. The fourth-order valence-corrected chi connectivity index (χ4v) is 4.66. The summed E-state index contributed by atoms with van der Waals surface area (Å²) in [6.07, 6.45) is 0. The standard InChI is InChI=1S/C19H18N2O3S2/c1-14-8-5-6-11-16(14)20-19(22)18(15-9-3-2-4-10-15)21-26(23,24)17-12-7-13-25-17/h2-13,18,21H,1H3,(H,20,22)/t18-/m0/s1. The molecule has 3 rings (SSSR count). The Morgan fingerprint density at radius 1 is 0.962 bits per heavy atom. The van der Waals surface area contributed by atoms with Crippen LogP contribution in [-0.2, 0) is 14.8 Å². The topological polar surface area (TPSA) is 75.3 Å². The molecule has 0 radical (unpaired) electrons. The number of para-hydroxylation sites is 1. The number of rotatable bonds is 6. The first kappa shape index (κ1) is 18.3. The molecule has 0 spiro atoms. The molecule has 5 nitrogen and oxygen atoms in total. The second kappa shape index (κ2) is 7.82. The average molecular weight is 386 g/mol. The second-order valence-corrected chi connectivity index (χ2v) is 8.59. The van der Waals surface area contributed by atoms with E-state index in [0.29, 0.717) is 11.3 Å². The van der Waals surface area contributed by atoms with Crippen molar-refractivity contribution < 1.29 is 13.2 Å². The van der Waals surface area contributed by atoms with E-state index in [1.807, 2.05) is 31.2 Å². The monoisotopic (exact) mass is 386 g/mol. The molecule has 1 amide bonds. The van der Waals surface area contributed by atoms with Gasteiger partial charge >= 0.3 is 0 Å². The van der Waals surface area contributed by atoms with Crippen LogP contribution in [0, 0.1) is 6.92 Å². The van der Waals surface area contributed by atoms with E-state index in [4.69, 9.17) is 0 Å². The van der Waals surface area contributed by atoms with E-state index >= 15 is 0 Å². The summed E-state index contributed by atoms with van der Waals surface area (Å²) < 4.78 is 27.9. The van der Waals surface area contributed by atoms with E-state index in [2.05, 4.69) is 10.0 Å². The molecule has 0 bridgehead atoms. The number of hydrogen-bond acceptors (Lipinski definition) is 4. The van der Waals surface area contributed by atoms with Gasteiger partial charge in [0.25, 0.3) is 10.0 Å². The minimum Gasteiger partial charge on any atom is -0.324 e. The maximum atomic E-state index is 12.9. The number of sulfonamides is 1. The van der Waals surface area contributed by atoms with E-state index in [-0.39, 0.29) is 4.21 Å². The zero-order valence-corrected chi connectivity index (χ0v) is 15.7. The van der Waals surface area contributed by atoms with Gasteiger partial charge in [-0.1, -0.05) is 54.6 Å². The van der Waals surface area contributed by atoms with Crippen LogP contribution in [0.1, 0.15) is 17.2 Å². The normalized spacial score (nSPS) is 12.5. The minimum absolute atomic E-state index is 0.169. The van der Waals surface area contributed by atoms with Gasteiger partial charge in [0.2, 0.25) is 5.91 Å². The van der Waals surface area contributed by atoms with Gasteiger partial charge in [0, 0.05) is 5.69 Å². The molecule has 0 unspecified atom stereocenters. The van der Waals surface area contributed by atoms with Crippen LogP contribution in [0.4, 0.5) is 5.69 Å². The highest BCUT2D eigenvalue weighted by Crippen LogP contribution is 2.23. The molecule has 7 heteroatoms. The van der Waals surface area contributed by atoms with Crippen molar-refractivity contribution in [3.63, 3.8) is 0 Å². The van der Waals surface area contributed by atoms with Gasteiger partial charge in [-0.2, -0.15) is 4.72 Å². The maximum Gasteiger partial charge on any atom is 0.251 e. The summed E-state index contributed by atoms with van der Waals surface area (Å²) in [7, 11) is -3.80. The van der Waals surface area contributed by atoms with Gasteiger partial charge in [-0.25, -0.2) is 8.42 Å². The van der Waals surface area contributed by atoms with E-state index < -0.39 is 22.0 Å². The SMILES string of the molecule is Cc1ccccc1NC(=O)[C@@H](NS(=O)(=O)c1cccs1)c1ccccc1. The maximum absolute atomic E-state index is 12.9. The predicted molar refractivity (Wildman–Crippen MR) is 104 cm³/mol. The van der Waals surface area contributed by atoms with Crippen LogP contribution in [-0.4, -0.2) is 14.3 Å². The number of aryl methyl sites for hydroxylation is 1. The molecule has 1 heterocycles. The van der Waals surface area contributed by atoms with Gasteiger partial charge in [-0.3, -0.25) is 4.79 Å². The molecule has 134 valence electrons. The van der Waals surface area contributed by atoms with Gasteiger partial charge in [-0.05, 0) is 35.6 Å². The molecule has 2 aromatic carbocycles. The molecule has 0 saturated heterocycles. The minimum atomic E-state index is -3.80. The van der Waals surface area contributed by atoms with Crippen LogP contribution in [0.15, 0.2) is 76.3 Å². The van der Waals surface area contributed by atoms with Gasteiger partial charge < -0.3 is 5.32 Å². The fourth-order valence-electron chi connectivity index (χ4n) is 2.47. The summed E-state index contributed by atoms with van der Waals surface area (Å²) in [6, 6.07) is 18.3. The first-order valence-corrected chi connectivity index (χ1v) is 10.3. The quantitative estimate of drug-likeness (QED) is 0.678. The van der Waals surface area contributed by atoms with Crippen molar-refractivity contribution in [1.82, 2.24) is 4.72 Å². The number of anilines is 1. The van der Waals surface area contributed by atoms with E-state index in [9.17, 15) is 13.2 Å². The number of amides is 1. The van der Waals surface area contributed by atoms with Crippen LogP contribution < -0.4 is 10.0 Å². The number of nitrogens with one attached hydrogen (secondary N) is 2. The molecule has 1 aromatic heterocycles. The lowest BCUT2D eigenvalue weighted by molar-refractivity contribution is -0.117. The van der Waals surface area contributed by atoms with Crippen molar-refractivity contribution in [3.05, 3.63) is 83.2 Å². The molecule has 0 fully saturated rings. The molecular formula is C19H18N2O3S2. The smallest absolute Gasteiger partial charge is 0.251 e. The van der Waals surface area contributed by atoms with Crippen molar-refractivity contribution in [1.29, 1.82) is 0 Å².